The fourth-order valence-corrected chi connectivity index (χ4v) is 3.97. The molecule has 0 fully saturated rings. The zero-order valence-electron chi connectivity index (χ0n) is 24.4. The fraction of sp³-hybridized carbons (Fsp3) is 0.857. The molecule has 1 radical (unpaired) electrons. The van der Waals surface area contributed by atoms with E-state index in [-0.39, 0.29) is 29.6 Å². The van der Waals surface area contributed by atoms with E-state index in [2.05, 4.69) is 45.4 Å². The zero-order valence-corrected chi connectivity index (χ0v) is 27.2. The smallest absolute Gasteiger partial charge is 0.381 e. The summed E-state index contributed by atoms with van der Waals surface area (Å²) in [6, 6.07) is 0. The maximum atomic E-state index is 10.4. The summed E-state index contributed by atoms with van der Waals surface area (Å²) < 4.78 is 33.8. The van der Waals surface area contributed by atoms with Crippen LogP contribution in [-0.4, -0.2) is 51.2 Å². The van der Waals surface area contributed by atoms with Crippen molar-refractivity contribution in [1.29, 1.82) is 0 Å². The Hall–Kier alpha value is -0.0900. The third-order valence-corrected chi connectivity index (χ3v) is 6.16. The predicted octanol–water partition coefficient (Wildman–Crippen LogP) is 8.88. The summed E-state index contributed by atoms with van der Waals surface area (Å²) >= 11 is 0. The van der Waals surface area contributed by atoms with Crippen LogP contribution < -0.4 is 0 Å². The molecule has 0 saturated carbocycles. The van der Waals surface area contributed by atoms with Gasteiger partial charge >= 0.3 is 10.4 Å². The normalized spacial score (nSPS) is 10.6. The van der Waals surface area contributed by atoms with Gasteiger partial charge in [-0.2, -0.15) is 8.42 Å². The van der Waals surface area contributed by atoms with Crippen molar-refractivity contribution in [2.24, 2.45) is 0 Å². The molecule has 0 aliphatic carbocycles. The molecule has 0 bridgehead atoms. The first-order valence-electron chi connectivity index (χ1n) is 14.3. The average molecular weight is 560 g/mol. The summed E-state index contributed by atoms with van der Waals surface area (Å²) in [5, 5.41) is 0. The molecule has 0 aliphatic rings. The average Bonchev–Trinajstić information content (AvgIpc) is 2.87. The molecule has 9 heteroatoms. The van der Waals surface area contributed by atoms with Crippen molar-refractivity contribution in [2.75, 3.05) is 13.2 Å². The van der Waals surface area contributed by atoms with Crippen LogP contribution in [0.1, 0.15) is 142 Å². The van der Waals surface area contributed by atoms with Gasteiger partial charge in [0, 0.05) is 42.8 Å². The minimum absolute atomic E-state index is 0. The SMILES string of the molecule is C=COOS(=O)(=O)OOC=C.CCCCCCCCCCCCOCCCCCCCCCCCC.[Na]. The van der Waals surface area contributed by atoms with Crippen molar-refractivity contribution < 1.29 is 31.6 Å². The van der Waals surface area contributed by atoms with Gasteiger partial charge in [-0.05, 0) is 21.5 Å². The van der Waals surface area contributed by atoms with Crippen molar-refractivity contribution in [2.45, 2.75) is 142 Å². The van der Waals surface area contributed by atoms with Crippen LogP contribution in [0.3, 0.4) is 0 Å². The van der Waals surface area contributed by atoms with E-state index in [0.29, 0.717) is 0 Å². The van der Waals surface area contributed by atoms with Crippen LogP contribution in [0, 0.1) is 0 Å². The van der Waals surface area contributed by atoms with Gasteiger partial charge in [-0.1, -0.05) is 143 Å². The molecule has 0 unspecified atom stereocenters. The quantitative estimate of drug-likeness (QED) is 0.0311. The Morgan fingerprint density at radius 3 is 1.05 bits per heavy atom. The van der Waals surface area contributed by atoms with E-state index in [0.717, 1.165) is 25.7 Å². The summed E-state index contributed by atoms with van der Waals surface area (Å²) in [7, 11) is -4.29. The molecular formula is C28H56NaO7S. The van der Waals surface area contributed by atoms with Crippen molar-refractivity contribution >= 4 is 40.0 Å². The molecule has 0 aromatic rings. The molecule has 217 valence electrons. The third-order valence-electron chi connectivity index (χ3n) is 5.67. The van der Waals surface area contributed by atoms with Gasteiger partial charge in [0.2, 0.25) is 0 Å². The summed E-state index contributed by atoms with van der Waals surface area (Å²) in [6.07, 6.45) is 29.7. The molecule has 0 spiro atoms. The Labute approximate surface area is 251 Å². The topological polar surface area (TPSA) is 80.3 Å². The standard InChI is InChI=1S/C24H50O.C4H6O6S.Na/c1-3-5-7-9-11-13-15-17-19-21-23-25-24-22-20-18-16-14-12-10-8-6-4-2;1-3-7-9-11(5,6)10-8-4-2;/h3-24H2,1-2H3;3-4H,1-2H2;. The van der Waals surface area contributed by atoms with Crippen molar-refractivity contribution in [3.8, 4) is 0 Å². The first kappa shape index (κ1) is 41.4. The van der Waals surface area contributed by atoms with Crippen LogP contribution in [0.2, 0.25) is 0 Å². The van der Waals surface area contributed by atoms with Gasteiger partial charge in [0.1, 0.15) is 12.5 Å². The van der Waals surface area contributed by atoms with E-state index in [1.807, 2.05) is 0 Å². The first-order chi connectivity index (χ1) is 17.5. The number of rotatable bonds is 28. The minimum atomic E-state index is -4.29. The van der Waals surface area contributed by atoms with Crippen LogP contribution in [0.5, 0.6) is 0 Å². The van der Waals surface area contributed by atoms with Gasteiger partial charge in [-0.15, -0.1) is 0 Å². The Morgan fingerprint density at radius 2 is 0.784 bits per heavy atom. The van der Waals surface area contributed by atoms with Gasteiger partial charge in [0.05, 0.1) is 0 Å². The summed E-state index contributed by atoms with van der Waals surface area (Å²) in [6.45, 7) is 12.6. The molecule has 0 aromatic carbocycles. The monoisotopic (exact) mass is 559 g/mol. The second kappa shape index (κ2) is 35.9. The van der Waals surface area contributed by atoms with Crippen LogP contribution in [0.4, 0.5) is 0 Å². The second-order valence-corrected chi connectivity index (χ2v) is 10.1. The largest absolute Gasteiger partial charge is 0.470 e. The number of hydrogen-bond acceptors (Lipinski definition) is 7. The molecule has 0 saturated heterocycles. The predicted molar refractivity (Wildman–Crippen MR) is 154 cm³/mol. The first-order valence-corrected chi connectivity index (χ1v) is 15.6. The molecule has 0 aromatic heterocycles. The molecule has 0 N–H and O–H groups in total. The second-order valence-electron chi connectivity index (χ2n) is 9.05. The van der Waals surface area contributed by atoms with Crippen molar-refractivity contribution in [3.63, 3.8) is 0 Å². The Bertz CT molecular complexity index is 505. The molecular weight excluding hydrogens is 503 g/mol. The van der Waals surface area contributed by atoms with Gasteiger partial charge < -0.3 is 14.5 Å². The molecule has 37 heavy (non-hydrogen) atoms. The molecule has 0 atom stereocenters. The van der Waals surface area contributed by atoms with Crippen LogP contribution in [-0.2, 0) is 33.6 Å². The number of unbranched alkanes of at least 4 members (excludes halogenated alkanes) is 18. The molecule has 0 amide bonds. The van der Waals surface area contributed by atoms with Gasteiger partial charge in [0.15, 0.2) is 0 Å². The van der Waals surface area contributed by atoms with Crippen LogP contribution in [0.25, 0.3) is 0 Å². The zero-order chi connectivity index (χ0) is 27.0. The van der Waals surface area contributed by atoms with Crippen molar-refractivity contribution in [3.05, 3.63) is 25.7 Å². The summed E-state index contributed by atoms with van der Waals surface area (Å²) in [5.74, 6) is 0. The van der Waals surface area contributed by atoms with E-state index >= 15 is 0 Å². The van der Waals surface area contributed by atoms with E-state index in [4.69, 9.17) is 4.74 Å². The van der Waals surface area contributed by atoms with Gasteiger partial charge in [0.25, 0.3) is 0 Å². The molecule has 7 nitrogen and oxygen atoms in total. The van der Waals surface area contributed by atoms with Gasteiger partial charge in [-0.25, -0.2) is 0 Å². The van der Waals surface area contributed by atoms with Crippen LogP contribution >= 0.6 is 0 Å². The minimum Gasteiger partial charge on any atom is -0.381 e. The Kier molecular flexibility index (Phi) is 40.2. The van der Waals surface area contributed by atoms with Crippen LogP contribution in [0.15, 0.2) is 25.7 Å². The van der Waals surface area contributed by atoms with E-state index in [1.54, 1.807) is 0 Å². The van der Waals surface area contributed by atoms with E-state index in [9.17, 15) is 8.42 Å². The molecule has 0 rings (SSSR count). The van der Waals surface area contributed by atoms with E-state index < -0.39 is 10.4 Å². The van der Waals surface area contributed by atoms with Gasteiger partial charge in [-0.3, -0.25) is 0 Å². The number of ether oxygens (including phenoxy) is 1. The van der Waals surface area contributed by atoms with E-state index in [1.165, 1.54) is 128 Å². The van der Waals surface area contributed by atoms with Crippen molar-refractivity contribution in [1.82, 2.24) is 0 Å². The molecule has 0 heterocycles. The Balaban J connectivity index is -0.000000811. The molecule has 0 aliphatic heterocycles. The maximum Gasteiger partial charge on any atom is 0.470 e. The fourth-order valence-electron chi connectivity index (χ4n) is 3.65. The summed E-state index contributed by atoms with van der Waals surface area (Å²) in [4.78, 5) is 7.66. The maximum absolute atomic E-state index is 10.4. The summed E-state index contributed by atoms with van der Waals surface area (Å²) in [5.41, 5.74) is 0. The third kappa shape index (κ3) is 40.6. The number of hydrogen-bond donors (Lipinski definition) is 0. The Morgan fingerprint density at radius 1 is 0.514 bits per heavy atom.